The summed E-state index contributed by atoms with van der Waals surface area (Å²) in [7, 11) is 0. The molecule has 2 aliphatic rings. The van der Waals surface area contributed by atoms with E-state index in [9.17, 15) is 14.7 Å². The van der Waals surface area contributed by atoms with Crippen LogP contribution in [0.5, 0.6) is 0 Å². The Bertz CT molecular complexity index is 743. The zero-order chi connectivity index (χ0) is 18.5. The number of aliphatic hydroxyl groups excluding tert-OH is 1. The van der Waals surface area contributed by atoms with Crippen molar-refractivity contribution < 1.29 is 23.8 Å². The maximum atomic E-state index is 13.0. The van der Waals surface area contributed by atoms with E-state index in [0.717, 1.165) is 12.0 Å². The van der Waals surface area contributed by atoms with Crippen molar-refractivity contribution in [3.05, 3.63) is 34.8 Å². The minimum Gasteiger partial charge on any atom is -0.460 e. The van der Waals surface area contributed by atoms with E-state index in [1.165, 1.54) is 6.26 Å². The molecule has 1 aromatic rings. The van der Waals surface area contributed by atoms with Crippen molar-refractivity contribution >= 4 is 11.8 Å². The number of hydrogen-bond acceptors (Lipinski definition) is 5. The van der Waals surface area contributed by atoms with Gasteiger partial charge in [-0.3, -0.25) is 4.79 Å². The molecule has 0 aromatic carbocycles. The number of allylic oxidation sites excluding steroid dienone is 1. The van der Waals surface area contributed by atoms with Crippen LogP contribution in [0.1, 0.15) is 68.3 Å². The topological polar surface area (TPSA) is 76.7 Å². The van der Waals surface area contributed by atoms with Crippen LogP contribution >= 0.6 is 0 Å². The average molecular weight is 346 g/mol. The molecule has 1 N–H and O–H groups in total. The summed E-state index contributed by atoms with van der Waals surface area (Å²) in [4.78, 5) is 25.5. The molecule has 1 aromatic heterocycles. The first-order valence-electron chi connectivity index (χ1n) is 8.87. The van der Waals surface area contributed by atoms with Gasteiger partial charge in [-0.2, -0.15) is 0 Å². The Morgan fingerprint density at radius 3 is 2.76 bits per heavy atom. The Labute approximate surface area is 148 Å². The Kier molecular flexibility index (Phi) is 4.40. The lowest BCUT2D eigenvalue weighted by molar-refractivity contribution is -0.168. The van der Waals surface area contributed by atoms with Crippen molar-refractivity contribution in [1.29, 1.82) is 0 Å². The van der Waals surface area contributed by atoms with Crippen molar-refractivity contribution in [3.63, 3.8) is 0 Å². The lowest BCUT2D eigenvalue weighted by Gasteiger charge is -2.53. The second-order valence-electron chi connectivity index (χ2n) is 7.67. The van der Waals surface area contributed by atoms with E-state index >= 15 is 0 Å². The van der Waals surface area contributed by atoms with Crippen molar-refractivity contribution in [2.24, 2.45) is 17.3 Å². The van der Waals surface area contributed by atoms with Crippen LogP contribution < -0.4 is 0 Å². The first-order chi connectivity index (χ1) is 11.7. The molecular weight excluding hydrogens is 320 g/mol. The number of aryl methyl sites for hydroxylation is 1. The largest absolute Gasteiger partial charge is 0.460 e. The van der Waals surface area contributed by atoms with E-state index in [1.54, 1.807) is 19.9 Å². The fourth-order valence-electron chi connectivity index (χ4n) is 4.42. The number of furan rings is 1. The molecule has 0 saturated heterocycles. The Morgan fingerprint density at radius 2 is 2.12 bits per heavy atom. The normalized spacial score (nSPS) is 35.1. The predicted molar refractivity (Wildman–Crippen MR) is 92.0 cm³/mol. The van der Waals surface area contributed by atoms with Gasteiger partial charge in [0.15, 0.2) is 5.76 Å². The van der Waals surface area contributed by atoms with Gasteiger partial charge >= 0.3 is 5.97 Å². The minimum absolute atomic E-state index is 0.121. The lowest BCUT2D eigenvalue weighted by Crippen LogP contribution is -2.55. The predicted octanol–water partition coefficient (Wildman–Crippen LogP) is 3.75. The van der Waals surface area contributed by atoms with Crippen LogP contribution in [0, 0.1) is 24.2 Å². The van der Waals surface area contributed by atoms with Gasteiger partial charge in [0.2, 0.25) is 5.78 Å². The average Bonchev–Trinajstić information content (AvgIpc) is 2.96. The van der Waals surface area contributed by atoms with Crippen molar-refractivity contribution in [2.45, 2.75) is 59.7 Å². The van der Waals surface area contributed by atoms with Gasteiger partial charge in [-0.1, -0.05) is 19.9 Å². The van der Waals surface area contributed by atoms with Gasteiger partial charge < -0.3 is 14.3 Å². The van der Waals surface area contributed by atoms with Crippen LogP contribution in [0.25, 0.3) is 0 Å². The third kappa shape index (κ3) is 2.48. The van der Waals surface area contributed by atoms with Gasteiger partial charge in [0.1, 0.15) is 6.10 Å². The van der Waals surface area contributed by atoms with Crippen LogP contribution in [0.15, 0.2) is 22.3 Å². The number of aliphatic hydroxyl groups is 1. The van der Waals surface area contributed by atoms with Crippen molar-refractivity contribution in [2.75, 3.05) is 0 Å². The van der Waals surface area contributed by atoms with Crippen molar-refractivity contribution in [1.82, 2.24) is 0 Å². The summed E-state index contributed by atoms with van der Waals surface area (Å²) in [5, 5.41) is 10.6. The van der Waals surface area contributed by atoms with Crippen LogP contribution in [0.2, 0.25) is 0 Å². The number of esters is 1. The van der Waals surface area contributed by atoms with Crippen molar-refractivity contribution in [3.8, 4) is 0 Å². The molecule has 25 heavy (non-hydrogen) atoms. The smallest absolute Gasteiger partial charge is 0.334 e. The third-order valence-electron chi connectivity index (χ3n) is 6.35. The van der Waals surface area contributed by atoms with Gasteiger partial charge in [0.25, 0.3) is 0 Å². The van der Waals surface area contributed by atoms with Crippen LogP contribution in [-0.2, 0) is 9.53 Å². The highest BCUT2D eigenvalue weighted by molar-refractivity contribution is 6.00. The van der Waals surface area contributed by atoms with Gasteiger partial charge in [0, 0.05) is 16.6 Å². The zero-order valence-corrected chi connectivity index (χ0v) is 15.5. The second-order valence-corrected chi connectivity index (χ2v) is 7.67. The van der Waals surface area contributed by atoms with E-state index in [4.69, 9.17) is 9.15 Å². The van der Waals surface area contributed by atoms with E-state index in [0.29, 0.717) is 17.6 Å². The molecular formula is C20H26O5. The number of ether oxygens (including phenoxy) is 1. The molecule has 0 aliphatic heterocycles. The van der Waals surface area contributed by atoms with Crippen LogP contribution in [-0.4, -0.2) is 23.0 Å². The standard InChI is InChI=1S/C20H26O5/c1-6-10(2)19(23)25-18-14-11(3)9-24-17(14)16(22)15-13(21)8-7-12(4)20(15,18)5/h6,9,12-13,15,18,21H,7-8H2,1-5H3/b10-6-/t12-,13-,15-,18+,20+/m1/s1. The summed E-state index contributed by atoms with van der Waals surface area (Å²) < 4.78 is 11.4. The fourth-order valence-corrected chi connectivity index (χ4v) is 4.42. The maximum absolute atomic E-state index is 13.0. The molecule has 5 heteroatoms. The van der Waals surface area contributed by atoms with Crippen LogP contribution in [0.4, 0.5) is 0 Å². The molecule has 5 atom stereocenters. The summed E-state index contributed by atoms with van der Waals surface area (Å²) in [5.41, 5.74) is 1.30. The number of hydrogen-bond donors (Lipinski definition) is 1. The molecule has 0 amide bonds. The molecule has 0 unspecified atom stereocenters. The Hall–Kier alpha value is -1.88. The molecule has 0 spiro atoms. The monoisotopic (exact) mass is 346 g/mol. The maximum Gasteiger partial charge on any atom is 0.334 e. The highest BCUT2D eigenvalue weighted by atomic mass is 16.5. The molecule has 136 valence electrons. The van der Waals surface area contributed by atoms with Gasteiger partial charge in [-0.15, -0.1) is 0 Å². The second kappa shape index (κ2) is 6.13. The van der Waals surface area contributed by atoms with E-state index in [2.05, 4.69) is 6.92 Å². The number of ketones is 1. The Balaban J connectivity index is 2.17. The van der Waals surface area contributed by atoms with Gasteiger partial charge in [0.05, 0.1) is 18.3 Å². The number of rotatable bonds is 2. The lowest BCUT2D eigenvalue weighted by atomic mass is 9.53. The first kappa shape index (κ1) is 17.9. The van der Waals surface area contributed by atoms with Crippen LogP contribution in [0.3, 0.4) is 0 Å². The van der Waals surface area contributed by atoms with E-state index in [1.807, 2.05) is 13.8 Å². The quantitative estimate of drug-likeness (QED) is 0.652. The fraction of sp³-hybridized carbons (Fsp3) is 0.600. The molecule has 1 fully saturated rings. The molecule has 1 saturated carbocycles. The zero-order valence-electron chi connectivity index (χ0n) is 15.5. The summed E-state index contributed by atoms with van der Waals surface area (Å²) in [6.07, 6.45) is 3.22. The third-order valence-corrected chi connectivity index (χ3v) is 6.35. The molecule has 2 aliphatic carbocycles. The molecule has 1 heterocycles. The molecule has 0 radical (unpaired) electrons. The SMILES string of the molecule is C/C=C(/C)C(=O)O[C@H]1c2c(C)coc2C(=O)[C@H]2[C@H](O)CC[C@@H](C)[C@]12C. The molecule has 5 nitrogen and oxygen atoms in total. The summed E-state index contributed by atoms with van der Waals surface area (Å²) in [6.45, 7) is 9.37. The van der Waals surface area contributed by atoms with Gasteiger partial charge in [-0.05, 0) is 45.1 Å². The highest BCUT2D eigenvalue weighted by Crippen LogP contribution is 2.59. The first-order valence-corrected chi connectivity index (χ1v) is 8.87. The van der Waals surface area contributed by atoms with E-state index < -0.39 is 29.5 Å². The number of Topliss-reactive ketones (excluding diaryl/α,β-unsaturated/α-hetero) is 1. The summed E-state index contributed by atoms with van der Waals surface area (Å²) in [6, 6.07) is 0. The van der Waals surface area contributed by atoms with Gasteiger partial charge in [-0.25, -0.2) is 4.79 Å². The van der Waals surface area contributed by atoms with E-state index in [-0.39, 0.29) is 17.5 Å². The Morgan fingerprint density at radius 1 is 1.44 bits per heavy atom. The molecule has 3 rings (SSSR count). The minimum atomic E-state index is -0.753. The summed E-state index contributed by atoms with van der Waals surface area (Å²) >= 11 is 0. The summed E-state index contributed by atoms with van der Waals surface area (Å²) in [5.74, 6) is -0.863. The molecule has 0 bridgehead atoms. The number of fused-ring (bicyclic) bond motifs is 2. The number of carbonyl (C=O) groups is 2. The highest BCUT2D eigenvalue weighted by Gasteiger charge is 2.61. The number of carbonyl (C=O) groups excluding carboxylic acids is 2.